The number of hydrogen-bond acceptors (Lipinski definition) is 4. The van der Waals surface area contributed by atoms with Crippen molar-refractivity contribution in [2.24, 2.45) is 13.0 Å². The number of fused-ring (bicyclic) bond motifs is 2. The standard InChI is InChI=1S/C21H27N3O4S/c1-14(2)9-24-13-21-12-23(10-15(28-21)8-19(21)29(24,26)27)20(25)17-11-22(3)18-7-5-4-6-16(17)18/h4-7,11,14-15,19H,8-10,12-13H2,1-3H3/t15-,19-,21-/m1/s1. The van der Waals surface area contributed by atoms with Crippen LogP contribution in [0.25, 0.3) is 10.9 Å². The van der Waals surface area contributed by atoms with Crippen LogP contribution < -0.4 is 0 Å². The highest BCUT2D eigenvalue weighted by atomic mass is 32.2. The zero-order valence-electron chi connectivity index (χ0n) is 17.0. The van der Waals surface area contributed by atoms with Crippen LogP contribution in [-0.4, -0.2) is 71.2 Å². The van der Waals surface area contributed by atoms with E-state index in [1.807, 2.05) is 60.8 Å². The number of hydrogen-bond donors (Lipinski definition) is 0. The number of sulfonamides is 1. The number of aromatic nitrogens is 1. The lowest BCUT2D eigenvalue weighted by atomic mass is 9.98. The van der Waals surface area contributed by atoms with Gasteiger partial charge in [0.15, 0.2) is 0 Å². The SMILES string of the molecule is CC(C)CN1C[C@]23CN(C(=O)c4cn(C)c5ccccc45)C[C@@H](C[C@H]2S1(=O)=O)O3. The highest BCUT2D eigenvalue weighted by Crippen LogP contribution is 2.47. The number of ether oxygens (including phenoxy) is 1. The van der Waals surface area contributed by atoms with Crippen LogP contribution in [0, 0.1) is 5.92 Å². The van der Waals surface area contributed by atoms with Gasteiger partial charge < -0.3 is 14.2 Å². The van der Waals surface area contributed by atoms with Crippen LogP contribution in [0.1, 0.15) is 30.6 Å². The molecule has 3 atom stereocenters. The Morgan fingerprint density at radius 3 is 2.79 bits per heavy atom. The summed E-state index contributed by atoms with van der Waals surface area (Å²) >= 11 is 0. The number of amides is 1. The van der Waals surface area contributed by atoms with Gasteiger partial charge in [0.2, 0.25) is 10.0 Å². The van der Waals surface area contributed by atoms with E-state index < -0.39 is 20.9 Å². The molecule has 0 saturated carbocycles. The summed E-state index contributed by atoms with van der Waals surface area (Å²) in [5.74, 6) is 0.197. The summed E-state index contributed by atoms with van der Waals surface area (Å²) in [6.45, 7) is 5.63. The molecular formula is C21H27N3O4S. The van der Waals surface area contributed by atoms with E-state index in [2.05, 4.69) is 0 Å². The first-order chi connectivity index (χ1) is 13.7. The Kier molecular flexibility index (Phi) is 4.14. The number of carbonyl (C=O) groups is 1. The van der Waals surface area contributed by atoms with E-state index >= 15 is 0 Å². The van der Waals surface area contributed by atoms with Crippen LogP contribution in [0.5, 0.6) is 0 Å². The van der Waals surface area contributed by atoms with E-state index in [-0.39, 0.29) is 17.9 Å². The number of likely N-dealkylation sites (tertiary alicyclic amines) is 1. The normalized spacial score (nSPS) is 31.0. The van der Waals surface area contributed by atoms with Crippen molar-refractivity contribution in [2.75, 3.05) is 26.2 Å². The van der Waals surface area contributed by atoms with Gasteiger partial charge in [-0.15, -0.1) is 0 Å². The van der Waals surface area contributed by atoms with E-state index in [1.165, 1.54) is 0 Å². The molecule has 3 fully saturated rings. The summed E-state index contributed by atoms with van der Waals surface area (Å²) < 4.78 is 36.0. The van der Waals surface area contributed by atoms with Crippen molar-refractivity contribution in [3.05, 3.63) is 36.0 Å². The monoisotopic (exact) mass is 417 g/mol. The lowest BCUT2D eigenvalue weighted by Crippen LogP contribution is -2.56. The largest absolute Gasteiger partial charge is 0.365 e. The van der Waals surface area contributed by atoms with E-state index in [1.54, 1.807) is 4.31 Å². The van der Waals surface area contributed by atoms with Crippen LogP contribution in [0.3, 0.4) is 0 Å². The van der Waals surface area contributed by atoms with Gasteiger partial charge in [-0.2, -0.15) is 4.31 Å². The molecule has 5 rings (SSSR count). The Bertz CT molecular complexity index is 1090. The van der Waals surface area contributed by atoms with Gasteiger partial charge >= 0.3 is 0 Å². The number of rotatable bonds is 3. The molecule has 1 amide bonds. The second-order valence-corrected chi connectivity index (χ2v) is 11.2. The lowest BCUT2D eigenvalue weighted by Gasteiger charge is -2.39. The van der Waals surface area contributed by atoms with Gasteiger partial charge in [-0.25, -0.2) is 8.42 Å². The summed E-state index contributed by atoms with van der Waals surface area (Å²) in [5.41, 5.74) is 0.864. The quantitative estimate of drug-likeness (QED) is 0.764. The fraction of sp³-hybridized carbons (Fsp3) is 0.571. The molecule has 1 aromatic carbocycles. The Balaban J connectivity index is 1.47. The third-order valence-corrected chi connectivity index (χ3v) is 8.83. The predicted octanol–water partition coefficient (Wildman–Crippen LogP) is 1.83. The number of nitrogens with zero attached hydrogens (tertiary/aromatic N) is 3. The molecule has 156 valence electrons. The highest BCUT2D eigenvalue weighted by molar-refractivity contribution is 7.90. The van der Waals surface area contributed by atoms with Crippen molar-refractivity contribution in [1.82, 2.24) is 13.8 Å². The third kappa shape index (κ3) is 2.76. The first-order valence-corrected chi connectivity index (χ1v) is 11.7. The van der Waals surface area contributed by atoms with E-state index in [0.717, 1.165) is 10.9 Å². The molecular weight excluding hydrogens is 390 g/mol. The van der Waals surface area contributed by atoms with Gasteiger partial charge in [0.25, 0.3) is 5.91 Å². The molecule has 0 radical (unpaired) electrons. The van der Waals surface area contributed by atoms with E-state index in [4.69, 9.17) is 4.74 Å². The minimum atomic E-state index is -3.40. The van der Waals surface area contributed by atoms with Crippen LogP contribution in [0.4, 0.5) is 0 Å². The molecule has 3 aliphatic rings. The molecule has 2 aromatic rings. The van der Waals surface area contributed by atoms with Gasteiger partial charge in [-0.1, -0.05) is 32.0 Å². The topological polar surface area (TPSA) is 71.8 Å². The van der Waals surface area contributed by atoms with Crippen molar-refractivity contribution >= 4 is 26.8 Å². The Morgan fingerprint density at radius 2 is 2.03 bits per heavy atom. The Hall–Kier alpha value is -1.90. The fourth-order valence-corrected chi connectivity index (χ4v) is 7.83. The average Bonchev–Trinajstić information content (AvgIpc) is 3.20. The van der Waals surface area contributed by atoms with Gasteiger partial charge in [-0.05, 0) is 18.4 Å². The molecule has 4 heterocycles. The predicted molar refractivity (Wildman–Crippen MR) is 110 cm³/mol. The number of carbonyl (C=O) groups excluding carboxylic acids is 1. The maximum Gasteiger partial charge on any atom is 0.256 e. The smallest absolute Gasteiger partial charge is 0.256 e. The molecule has 3 aliphatic heterocycles. The van der Waals surface area contributed by atoms with Crippen molar-refractivity contribution in [2.45, 2.75) is 37.2 Å². The first-order valence-electron chi connectivity index (χ1n) is 10.2. The van der Waals surface area contributed by atoms with Gasteiger partial charge in [0.05, 0.1) is 18.2 Å². The van der Waals surface area contributed by atoms with Crippen molar-refractivity contribution in [3.8, 4) is 0 Å². The lowest BCUT2D eigenvalue weighted by molar-refractivity contribution is -0.0979. The molecule has 1 aromatic heterocycles. The fourth-order valence-electron chi connectivity index (χ4n) is 5.36. The summed E-state index contributed by atoms with van der Waals surface area (Å²) in [4.78, 5) is 15.3. The highest BCUT2D eigenvalue weighted by Gasteiger charge is 2.65. The molecule has 8 heteroatoms. The van der Waals surface area contributed by atoms with E-state index in [0.29, 0.717) is 38.2 Å². The molecule has 7 nitrogen and oxygen atoms in total. The van der Waals surface area contributed by atoms with Gasteiger partial charge in [0.1, 0.15) is 10.9 Å². The molecule has 1 spiro atoms. The minimum absolute atomic E-state index is 0.0465. The maximum atomic E-state index is 13.4. The van der Waals surface area contributed by atoms with Crippen molar-refractivity contribution < 1.29 is 17.9 Å². The molecule has 3 saturated heterocycles. The Labute approximate surface area is 171 Å². The minimum Gasteiger partial charge on any atom is -0.365 e. The van der Waals surface area contributed by atoms with Gasteiger partial charge in [-0.3, -0.25) is 4.79 Å². The van der Waals surface area contributed by atoms with Crippen LogP contribution in [0.15, 0.2) is 30.5 Å². The van der Waals surface area contributed by atoms with Gasteiger partial charge in [0, 0.05) is 43.8 Å². The van der Waals surface area contributed by atoms with Crippen molar-refractivity contribution in [3.63, 3.8) is 0 Å². The van der Waals surface area contributed by atoms with Crippen molar-refractivity contribution in [1.29, 1.82) is 0 Å². The van der Waals surface area contributed by atoms with Crippen LogP contribution in [-0.2, 0) is 21.8 Å². The zero-order valence-corrected chi connectivity index (χ0v) is 17.9. The van der Waals surface area contributed by atoms with E-state index in [9.17, 15) is 13.2 Å². The second kappa shape index (κ2) is 6.30. The summed E-state index contributed by atoms with van der Waals surface area (Å²) in [7, 11) is -1.47. The number of morpholine rings is 1. The summed E-state index contributed by atoms with van der Waals surface area (Å²) in [6.07, 6.45) is 2.12. The zero-order chi connectivity index (χ0) is 20.6. The molecule has 0 N–H and O–H groups in total. The average molecular weight is 418 g/mol. The molecule has 0 aliphatic carbocycles. The number of benzene rings is 1. The molecule has 29 heavy (non-hydrogen) atoms. The molecule has 0 unspecified atom stereocenters. The second-order valence-electron chi connectivity index (χ2n) is 9.12. The van der Waals surface area contributed by atoms with Crippen LogP contribution >= 0.6 is 0 Å². The Morgan fingerprint density at radius 1 is 1.28 bits per heavy atom. The summed E-state index contributed by atoms with van der Waals surface area (Å²) in [5, 5.41) is 0.373. The maximum absolute atomic E-state index is 13.4. The molecule has 2 bridgehead atoms. The first kappa shape index (κ1) is 19.1. The number of aryl methyl sites for hydroxylation is 1. The summed E-state index contributed by atoms with van der Waals surface area (Å²) in [6, 6.07) is 7.85. The number of para-hydroxylation sites is 1. The third-order valence-electron chi connectivity index (χ3n) is 6.49. The van der Waals surface area contributed by atoms with Crippen LogP contribution in [0.2, 0.25) is 0 Å².